The van der Waals surface area contributed by atoms with E-state index in [0.29, 0.717) is 18.8 Å². The van der Waals surface area contributed by atoms with Gasteiger partial charge in [-0.2, -0.15) is 5.10 Å². The van der Waals surface area contributed by atoms with Crippen LogP contribution in [-0.2, 0) is 13.0 Å². The molecule has 0 saturated carbocycles. The molecule has 0 bridgehead atoms. The molecule has 0 spiro atoms. The van der Waals surface area contributed by atoms with E-state index in [4.69, 9.17) is 5.11 Å². The quantitative estimate of drug-likeness (QED) is 0.944. The maximum absolute atomic E-state index is 12.8. The molecule has 0 atom stereocenters. The van der Waals surface area contributed by atoms with Crippen molar-refractivity contribution in [2.75, 3.05) is 6.54 Å². The van der Waals surface area contributed by atoms with Crippen molar-refractivity contribution in [3.63, 3.8) is 0 Å². The van der Waals surface area contributed by atoms with E-state index in [-0.39, 0.29) is 17.6 Å². The third-order valence-corrected chi connectivity index (χ3v) is 4.08. The molecular weight excluding hydrogens is 294 g/mol. The highest BCUT2D eigenvalue weighted by Crippen LogP contribution is 2.21. The Bertz CT molecular complexity index is 764. The SMILES string of the molecule is CC(C)n1nc(C(=O)O)cc1C(=O)N1CCc2ccccc2C1. The zero-order valence-electron chi connectivity index (χ0n) is 13.2. The number of carboxylic acid groups (broad SMARTS) is 1. The van der Waals surface area contributed by atoms with Crippen LogP contribution < -0.4 is 0 Å². The van der Waals surface area contributed by atoms with Gasteiger partial charge in [0.1, 0.15) is 5.69 Å². The topological polar surface area (TPSA) is 75.4 Å². The van der Waals surface area contributed by atoms with Gasteiger partial charge in [0.2, 0.25) is 0 Å². The van der Waals surface area contributed by atoms with E-state index in [1.54, 1.807) is 4.90 Å². The molecule has 6 heteroatoms. The lowest BCUT2D eigenvalue weighted by atomic mass is 10.00. The van der Waals surface area contributed by atoms with E-state index >= 15 is 0 Å². The molecule has 1 aromatic heterocycles. The standard InChI is InChI=1S/C17H19N3O3/c1-11(2)20-15(9-14(18-20)17(22)23)16(21)19-8-7-12-5-3-4-6-13(12)10-19/h3-6,9,11H,7-8,10H2,1-2H3,(H,22,23). The summed E-state index contributed by atoms with van der Waals surface area (Å²) in [6.07, 6.45) is 0.809. The van der Waals surface area contributed by atoms with Crippen molar-refractivity contribution < 1.29 is 14.7 Å². The molecule has 1 aromatic carbocycles. The Balaban J connectivity index is 1.91. The van der Waals surface area contributed by atoms with Crippen molar-refractivity contribution in [3.8, 4) is 0 Å². The van der Waals surface area contributed by atoms with E-state index in [2.05, 4.69) is 11.2 Å². The molecule has 3 rings (SSSR count). The number of fused-ring (bicyclic) bond motifs is 1. The monoisotopic (exact) mass is 313 g/mol. The molecule has 1 N–H and O–H groups in total. The zero-order valence-corrected chi connectivity index (χ0v) is 13.2. The van der Waals surface area contributed by atoms with Crippen molar-refractivity contribution in [1.82, 2.24) is 14.7 Å². The Labute approximate surface area is 134 Å². The Kier molecular flexibility index (Phi) is 3.90. The highest BCUT2D eigenvalue weighted by Gasteiger charge is 2.26. The molecule has 0 radical (unpaired) electrons. The Hall–Kier alpha value is -2.63. The number of hydrogen-bond acceptors (Lipinski definition) is 3. The third-order valence-electron chi connectivity index (χ3n) is 4.08. The summed E-state index contributed by atoms with van der Waals surface area (Å²) in [5.74, 6) is -1.30. The summed E-state index contributed by atoms with van der Waals surface area (Å²) in [5, 5.41) is 13.2. The summed E-state index contributed by atoms with van der Waals surface area (Å²) < 4.78 is 1.49. The molecule has 120 valence electrons. The smallest absolute Gasteiger partial charge is 0.356 e. The van der Waals surface area contributed by atoms with E-state index in [9.17, 15) is 9.59 Å². The fourth-order valence-electron chi connectivity index (χ4n) is 2.88. The average molecular weight is 313 g/mol. The number of hydrogen-bond donors (Lipinski definition) is 1. The summed E-state index contributed by atoms with van der Waals surface area (Å²) in [6, 6.07) is 9.36. The maximum Gasteiger partial charge on any atom is 0.356 e. The first-order chi connectivity index (χ1) is 11.0. The molecule has 0 aliphatic carbocycles. The molecule has 23 heavy (non-hydrogen) atoms. The summed E-state index contributed by atoms with van der Waals surface area (Å²) in [5.41, 5.74) is 2.64. The van der Waals surface area contributed by atoms with Gasteiger partial charge in [-0.3, -0.25) is 9.48 Å². The van der Waals surface area contributed by atoms with Gasteiger partial charge in [-0.25, -0.2) is 4.79 Å². The average Bonchev–Trinajstić information content (AvgIpc) is 2.99. The first-order valence-corrected chi connectivity index (χ1v) is 7.66. The second-order valence-corrected chi connectivity index (χ2v) is 6.00. The number of rotatable bonds is 3. The molecule has 6 nitrogen and oxygen atoms in total. The van der Waals surface area contributed by atoms with Crippen molar-refractivity contribution >= 4 is 11.9 Å². The van der Waals surface area contributed by atoms with Gasteiger partial charge in [-0.1, -0.05) is 24.3 Å². The number of aromatic nitrogens is 2. The first-order valence-electron chi connectivity index (χ1n) is 7.66. The molecule has 2 heterocycles. The van der Waals surface area contributed by atoms with Crippen molar-refractivity contribution in [1.29, 1.82) is 0 Å². The zero-order chi connectivity index (χ0) is 16.6. The van der Waals surface area contributed by atoms with E-state index in [1.165, 1.54) is 16.3 Å². The first kappa shape index (κ1) is 15.3. The molecule has 1 amide bonds. The highest BCUT2D eigenvalue weighted by molar-refractivity contribution is 5.95. The lowest BCUT2D eigenvalue weighted by molar-refractivity contribution is 0.0687. The Morgan fingerprint density at radius 2 is 1.91 bits per heavy atom. The number of benzene rings is 1. The van der Waals surface area contributed by atoms with E-state index < -0.39 is 5.97 Å². The molecular formula is C17H19N3O3. The van der Waals surface area contributed by atoms with Crippen LogP contribution in [0.5, 0.6) is 0 Å². The van der Waals surface area contributed by atoms with Crippen molar-refractivity contribution in [2.45, 2.75) is 32.9 Å². The number of nitrogens with zero attached hydrogens (tertiary/aromatic N) is 3. The maximum atomic E-state index is 12.8. The summed E-state index contributed by atoms with van der Waals surface area (Å²) in [7, 11) is 0. The van der Waals surface area contributed by atoms with Gasteiger partial charge in [-0.15, -0.1) is 0 Å². The van der Waals surface area contributed by atoms with Gasteiger partial charge in [0.25, 0.3) is 5.91 Å². The number of aromatic carboxylic acids is 1. The van der Waals surface area contributed by atoms with Crippen LogP contribution in [0.15, 0.2) is 30.3 Å². The number of carbonyl (C=O) groups excluding carboxylic acids is 1. The predicted octanol–water partition coefficient (Wildman–Crippen LogP) is 2.36. The minimum absolute atomic E-state index is 0.0841. The van der Waals surface area contributed by atoms with Gasteiger partial charge >= 0.3 is 5.97 Å². The second-order valence-electron chi connectivity index (χ2n) is 6.00. The molecule has 0 saturated heterocycles. The van der Waals surface area contributed by atoms with Gasteiger partial charge < -0.3 is 10.0 Å². The number of carbonyl (C=O) groups is 2. The Morgan fingerprint density at radius 3 is 2.57 bits per heavy atom. The minimum Gasteiger partial charge on any atom is -0.476 e. The van der Waals surface area contributed by atoms with Crippen molar-refractivity contribution in [2.24, 2.45) is 0 Å². The minimum atomic E-state index is -1.12. The fraction of sp³-hybridized carbons (Fsp3) is 0.353. The van der Waals surface area contributed by atoms with Gasteiger partial charge in [0, 0.05) is 25.2 Å². The van der Waals surface area contributed by atoms with Crippen LogP contribution in [-0.4, -0.2) is 38.2 Å². The predicted molar refractivity (Wildman–Crippen MR) is 84.5 cm³/mol. The van der Waals surface area contributed by atoms with E-state index in [0.717, 1.165) is 12.0 Å². The number of carboxylic acids is 1. The lowest BCUT2D eigenvalue weighted by Crippen LogP contribution is -2.37. The van der Waals surface area contributed by atoms with Crippen LogP contribution in [0.3, 0.4) is 0 Å². The van der Waals surface area contributed by atoms with Gasteiger partial charge in [0.05, 0.1) is 0 Å². The molecule has 1 aliphatic heterocycles. The Morgan fingerprint density at radius 1 is 1.22 bits per heavy atom. The summed E-state index contributed by atoms with van der Waals surface area (Å²) >= 11 is 0. The van der Waals surface area contributed by atoms with Crippen LogP contribution in [0.4, 0.5) is 0 Å². The van der Waals surface area contributed by atoms with Crippen LogP contribution >= 0.6 is 0 Å². The van der Waals surface area contributed by atoms with Crippen molar-refractivity contribution in [3.05, 3.63) is 52.8 Å². The lowest BCUT2D eigenvalue weighted by Gasteiger charge is -2.29. The fourth-order valence-corrected chi connectivity index (χ4v) is 2.88. The molecule has 1 aliphatic rings. The van der Waals surface area contributed by atoms with Gasteiger partial charge in [-0.05, 0) is 31.4 Å². The van der Waals surface area contributed by atoms with Crippen LogP contribution in [0.1, 0.15) is 52.0 Å². The largest absolute Gasteiger partial charge is 0.476 e. The molecule has 2 aromatic rings. The van der Waals surface area contributed by atoms with Crippen LogP contribution in [0, 0.1) is 0 Å². The molecule has 0 fully saturated rings. The summed E-state index contributed by atoms with van der Waals surface area (Å²) in [6.45, 7) is 4.92. The third kappa shape index (κ3) is 2.84. The number of amides is 1. The highest BCUT2D eigenvalue weighted by atomic mass is 16.4. The van der Waals surface area contributed by atoms with Crippen LogP contribution in [0.2, 0.25) is 0 Å². The molecule has 0 unspecified atom stereocenters. The van der Waals surface area contributed by atoms with E-state index in [1.807, 2.05) is 32.0 Å². The summed E-state index contributed by atoms with van der Waals surface area (Å²) in [4.78, 5) is 25.7. The second kappa shape index (κ2) is 5.87. The van der Waals surface area contributed by atoms with Gasteiger partial charge in [0.15, 0.2) is 5.69 Å². The van der Waals surface area contributed by atoms with Crippen LogP contribution in [0.25, 0.3) is 0 Å². The normalized spacial score (nSPS) is 14.0.